The van der Waals surface area contributed by atoms with Crippen molar-refractivity contribution in [2.45, 2.75) is 36.6 Å². The van der Waals surface area contributed by atoms with Crippen LogP contribution >= 0.6 is 0 Å². The Bertz CT molecular complexity index is 1040. The van der Waals surface area contributed by atoms with Crippen molar-refractivity contribution in [3.63, 3.8) is 0 Å². The molecule has 1 aliphatic rings. The summed E-state index contributed by atoms with van der Waals surface area (Å²) < 4.78 is 63.3. The molecule has 0 amide bonds. The average Bonchev–Trinajstić information content (AvgIpc) is 3.22. The number of fused-ring (bicyclic) bond motifs is 3. The van der Waals surface area contributed by atoms with E-state index in [2.05, 4.69) is 20.2 Å². The van der Waals surface area contributed by atoms with Crippen molar-refractivity contribution >= 4 is 26.6 Å². The predicted molar refractivity (Wildman–Crippen MR) is 82.9 cm³/mol. The number of sulfone groups is 1. The molecule has 0 spiro atoms. The fourth-order valence-electron chi connectivity index (χ4n) is 3.51. The fourth-order valence-corrected chi connectivity index (χ4v) is 5.22. The van der Waals surface area contributed by atoms with Gasteiger partial charge >= 0.3 is 6.18 Å². The molecule has 134 valence electrons. The minimum absolute atomic E-state index is 0.118. The van der Waals surface area contributed by atoms with Crippen molar-refractivity contribution in [3.8, 4) is 0 Å². The van der Waals surface area contributed by atoms with Crippen LogP contribution in [0.3, 0.4) is 0 Å². The third kappa shape index (κ3) is 2.86. The van der Waals surface area contributed by atoms with Gasteiger partial charge in [-0.05, 0) is 25.3 Å². The number of H-pyrrole nitrogens is 1. The van der Waals surface area contributed by atoms with E-state index < -0.39 is 27.0 Å². The van der Waals surface area contributed by atoms with Gasteiger partial charge in [0.05, 0.1) is 17.0 Å². The molecule has 11 heteroatoms. The third-order valence-electron chi connectivity index (χ3n) is 4.59. The summed E-state index contributed by atoms with van der Waals surface area (Å²) in [4.78, 5) is 7.17. The molecule has 3 heterocycles. The van der Waals surface area contributed by atoms with Crippen molar-refractivity contribution in [3.05, 3.63) is 24.3 Å². The molecule has 3 aromatic heterocycles. The van der Waals surface area contributed by atoms with E-state index in [4.69, 9.17) is 0 Å². The lowest BCUT2D eigenvalue weighted by Gasteiger charge is -2.13. The maximum absolute atomic E-state index is 12.5. The summed E-state index contributed by atoms with van der Waals surface area (Å²) in [5.74, 6) is -1.47. The number of alkyl halides is 3. The lowest BCUT2D eigenvalue weighted by atomic mass is 10.1. The van der Waals surface area contributed by atoms with Crippen LogP contribution in [-0.4, -0.2) is 50.2 Å². The Morgan fingerprint density at radius 2 is 2.08 bits per heavy atom. The van der Waals surface area contributed by atoms with E-state index in [1.807, 2.05) is 0 Å². The van der Waals surface area contributed by atoms with Crippen LogP contribution in [0.5, 0.6) is 0 Å². The van der Waals surface area contributed by atoms with Crippen LogP contribution in [0.4, 0.5) is 13.2 Å². The fraction of sp³-hybridized carbons (Fsp3) is 0.500. The highest BCUT2D eigenvalue weighted by atomic mass is 32.2. The molecule has 0 bridgehead atoms. The van der Waals surface area contributed by atoms with E-state index in [1.54, 1.807) is 22.9 Å². The summed E-state index contributed by atoms with van der Waals surface area (Å²) in [5.41, 5.74) is 1.90. The first-order valence-electron chi connectivity index (χ1n) is 7.70. The second-order valence-electron chi connectivity index (χ2n) is 6.28. The molecular weight excluding hydrogens is 359 g/mol. The maximum Gasteiger partial charge on any atom is 0.402 e. The van der Waals surface area contributed by atoms with E-state index in [1.165, 1.54) is 0 Å². The highest BCUT2D eigenvalue weighted by molar-refractivity contribution is 7.92. The number of hydrogen-bond donors (Lipinski definition) is 1. The summed E-state index contributed by atoms with van der Waals surface area (Å²) in [7, 11) is -4.23. The van der Waals surface area contributed by atoms with Gasteiger partial charge in [-0.2, -0.15) is 13.2 Å². The van der Waals surface area contributed by atoms with E-state index in [9.17, 15) is 21.6 Å². The van der Waals surface area contributed by atoms with Crippen LogP contribution in [0.2, 0.25) is 0 Å². The van der Waals surface area contributed by atoms with E-state index >= 15 is 0 Å². The number of hydrogen-bond acceptors (Lipinski definition) is 5. The molecule has 2 unspecified atom stereocenters. The predicted octanol–water partition coefficient (Wildman–Crippen LogP) is 2.22. The van der Waals surface area contributed by atoms with Crippen molar-refractivity contribution in [1.82, 2.24) is 24.6 Å². The molecule has 1 N–H and O–H groups in total. The molecule has 4 rings (SSSR count). The number of nitrogens with zero attached hydrogens (tertiary/aromatic N) is 4. The highest BCUT2D eigenvalue weighted by Gasteiger charge is 2.43. The molecule has 2 atom stereocenters. The summed E-state index contributed by atoms with van der Waals surface area (Å²) >= 11 is 0. The van der Waals surface area contributed by atoms with Crippen LogP contribution in [0.25, 0.3) is 16.8 Å². The van der Waals surface area contributed by atoms with Crippen LogP contribution < -0.4 is 0 Å². The smallest absolute Gasteiger partial charge is 0.345 e. The number of aromatic amines is 1. The Morgan fingerprint density at radius 3 is 2.84 bits per heavy atom. The summed E-state index contributed by atoms with van der Waals surface area (Å²) in [6.07, 6.45) is -0.695. The zero-order chi connectivity index (χ0) is 17.8. The molecule has 0 aliphatic heterocycles. The molecule has 0 aromatic carbocycles. The van der Waals surface area contributed by atoms with Gasteiger partial charge in [-0.1, -0.05) is 0 Å². The summed E-state index contributed by atoms with van der Waals surface area (Å²) in [6, 6.07) is 1.80. The lowest BCUT2D eigenvalue weighted by molar-refractivity contribution is -0.106. The lowest BCUT2D eigenvalue weighted by Crippen LogP contribution is -2.30. The van der Waals surface area contributed by atoms with Gasteiger partial charge in [-0.15, -0.1) is 10.2 Å². The molecular formula is C14H14F3N5O2S. The quantitative estimate of drug-likeness (QED) is 0.760. The number of aromatic nitrogens is 5. The van der Waals surface area contributed by atoms with Crippen molar-refractivity contribution in [2.75, 3.05) is 5.75 Å². The minimum Gasteiger partial charge on any atom is -0.345 e. The summed E-state index contributed by atoms with van der Waals surface area (Å²) in [5, 5.41) is 7.18. The Hall–Kier alpha value is -2.17. The molecule has 0 radical (unpaired) electrons. The van der Waals surface area contributed by atoms with Crippen LogP contribution in [0.15, 0.2) is 18.5 Å². The Balaban J connectivity index is 1.66. The van der Waals surface area contributed by atoms with Gasteiger partial charge in [0.1, 0.15) is 11.6 Å². The SMILES string of the molecule is O=S(=O)(CC(F)(F)F)C1CCC(c2nnc3cnc4[nH]ccc4n23)C1. The molecule has 1 aliphatic carbocycles. The zero-order valence-corrected chi connectivity index (χ0v) is 13.7. The number of rotatable bonds is 3. The van der Waals surface area contributed by atoms with E-state index in [0.29, 0.717) is 23.5 Å². The normalized spacial score (nSPS) is 22.2. The highest BCUT2D eigenvalue weighted by Crippen LogP contribution is 2.39. The van der Waals surface area contributed by atoms with Crippen LogP contribution in [0, 0.1) is 0 Å². The summed E-state index contributed by atoms with van der Waals surface area (Å²) in [6.45, 7) is 0. The Morgan fingerprint density at radius 1 is 1.28 bits per heavy atom. The monoisotopic (exact) mass is 373 g/mol. The Labute approximate surface area is 140 Å². The topological polar surface area (TPSA) is 93.0 Å². The van der Waals surface area contributed by atoms with Gasteiger partial charge < -0.3 is 4.98 Å². The Kier molecular flexibility index (Phi) is 3.53. The van der Waals surface area contributed by atoms with E-state index in [-0.39, 0.29) is 18.8 Å². The maximum atomic E-state index is 12.5. The zero-order valence-electron chi connectivity index (χ0n) is 12.9. The van der Waals surface area contributed by atoms with E-state index in [0.717, 1.165) is 5.52 Å². The molecule has 1 fully saturated rings. The van der Waals surface area contributed by atoms with Gasteiger partial charge in [0, 0.05) is 12.1 Å². The van der Waals surface area contributed by atoms with Gasteiger partial charge in [0.2, 0.25) is 0 Å². The molecule has 3 aromatic rings. The van der Waals surface area contributed by atoms with Gasteiger partial charge in [-0.3, -0.25) is 4.40 Å². The molecule has 25 heavy (non-hydrogen) atoms. The van der Waals surface area contributed by atoms with Gasteiger partial charge in [0.15, 0.2) is 21.1 Å². The number of halogens is 3. The first-order chi connectivity index (χ1) is 11.7. The van der Waals surface area contributed by atoms with Gasteiger partial charge in [-0.25, -0.2) is 13.4 Å². The standard InChI is InChI=1S/C14H14F3N5O2S/c15-14(16,17)7-25(23,24)9-2-1-8(5-9)13-21-20-11-6-19-12-10(22(11)13)3-4-18-12/h3-4,6,8-9,18H,1-2,5,7H2. The van der Waals surface area contributed by atoms with Crippen molar-refractivity contribution in [2.24, 2.45) is 0 Å². The first-order valence-corrected chi connectivity index (χ1v) is 9.41. The van der Waals surface area contributed by atoms with Crippen molar-refractivity contribution in [1.29, 1.82) is 0 Å². The number of nitrogens with one attached hydrogen (secondary N) is 1. The second-order valence-corrected chi connectivity index (χ2v) is 8.56. The molecule has 1 saturated carbocycles. The molecule has 0 saturated heterocycles. The van der Waals surface area contributed by atoms with Crippen molar-refractivity contribution < 1.29 is 21.6 Å². The first kappa shape index (κ1) is 16.3. The third-order valence-corrected chi connectivity index (χ3v) is 6.76. The second kappa shape index (κ2) is 5.41. The van der Waals surface area contributed by atoms with Crippen LogP contribution in [0.1, 0.15) is 31.0 Å². The van der Waals surface area contributed by atoms with Crippen LogP contribution in [-0.2, 0) is 9.84 Å². The minimum atomic E-state index is -4.72. The largest absolute Gasteiger partial charge is 0.402 e. The average molecular weight is 373 g/mol. The molecule has 7 nitrogen and oxygen atoms in total. The van der Waals surface area contributed by atoms with Gasteiger partial charge in [0.25, 0.3) is 0 Å².